The largest absolute Gasteiger partial charge is 0.420 e. The molecule has 0 saturated carbocycles. The fourth-order valence-electron chi connectivity index (χ4n) is 1.39. The second-order valence-electron chi connectivity index (χ2n) is 4.73. The highest BCUT2D eigenvalue weighted by Gasteiger charge is 2.26. The molecular weight excluding hydrogens is 391 g/mol. The first kappa shape index (κ1) is 16.9. The van der Waals surface area contributed by atoms with E-state index in [1.807, 2.05) is 22.6 Å². The van der Waals surface area contributed by atoms with Gasteiger partial charge >= 0.3 is 5.97 Å². The first-order valence-corrected chi connectivity index (χ1v) is 6.74. The Morgan fingerprint density at radius 2 is 1.75 bits per heavy atom. The average Bonchev–Trinajstić information content (AvgIpc) is 2.31. The smallest absolute Gasteiger partial charge is 0.312 e. The summed E-state index contributed by atoms with van der Waals surface area (Å²) in [5, 5.41) is 0. The number of carbonyl (C=O) groups is 1. The predicted molar refractivity (Wildman–Crippen MR) is 73.5 cm³/mol. The molecule has 2 nitrogen and oxygen atoms in total. The molecule has 1 rings (SSSR count). The summed E-state index contributed by atoms with van der Waals surface area (Å²) in [6.07, 6.45) is 1.48. The van der Waals surface area contributed by atoms with Crippen LogP contribution < -0.4 is 4.74 Å². The average molecular weight is 402 g/mol. The standard InChI is InChI=1S/C13H11F4IO2/c1-13(2,3-4-18)6-9(19)20-12-10(16)7(14)5-8(15)11(12)17/h3-5H,6H2,1-2H3/b4-3+. The molecule has 7 heteroatoms. The number of esters is 1. The number of halogens is 5. The quantitative estimate of drug-likeness (QED) is 0.244. The molecule has 0 atom stereocenters. The lowest BCUT2D eigenvalue weighted by molar-refractivity contribution is -0.136. The van der Waals surface area contributed by atoms with Gasteiger partial charge in [0.1, 0.15) is 0 Å². The number of carbonyl (C=O) groups excluding carboxylic acids is 1. The maximum absolute atomic E-state index is 13.3. The fourth-order valence-corrected chi connectivity index (χ4v) is 2.37. The van der Waals surface area contributed by atoms with Crippen molar-refractivity contribution >= 4 is 28.6 Å². The second kappa shape index (κ2) is 6.55. The van der Waals surface area contributed by atoms with Crippen molar-refractivity contribution in [2.75, 3.05) is 0 Å². The maximum atomic E-state index is 13.3. The molecular formula is C13H11F4IO2. The molecule has 0 unspecified atom stereocenters. The van der Waals surface area contributed by atoms with Gasteiger partial charge in [0.05, 0.1) is 6.42 Å². The van der Waals surface area contributed by atoms with E-state index >= 15 is 0 Å². The van der Waals surface area contributed by atoms with Gasteiger partial charge in [0, 0.05) is 6.07 Å². The van der Waals surface area contributed by atoms with E-state index in [9.17, 15) is 22.4 Å². The maximum Gasteiger partial charge on any atom is 0.312 e. The van der Waals surface area contributed by atoms with Crippen LogP contribution >= 0.6 is 22.6 Å². The van der Waals surface area contributed by atoms with Gasteiger partial charge in [-0.25, -0.2) is 8.78 Å². The molecule has 0 saturated heterocycles. The van der Waals surface area contributed by atoms with Crippen LogP contribution in [0.1, 0.15) is 20.3 Å². The van der Waals surface area contributed by atoms with Crippen molar-refractivity contribution in [2.45, 2.75) is 20.3 Å². The second-order valence-corrected chi connectivity index (χ2v) is 5.45. The lowest BCUT2D eigenvalue weighted by atomic mass is 9.90. The van der Waals surface area contributed by atoms with Crippen LogP contribution in [-0.4, -0.2) is 5.97 Å². The summed E-state index contributed by atoms with van der Waals surface area (Å²) in [7, 11) is 0. The Morgan fingerprint density at radius 3 is 2.20 bits per heavy atom. The molecule has 0 amide bonds. The van der Waals surface area contributed by atoms with Gasteiger partial charge in [-0.1, -0.05) is 42.5 Å². The van der Waals surface area contributed by atoms with Crippen molar-refractivity contribution in [2.24, 2.45) is 5.41 Å². The van der Waals surface area contributed by atoms with Crippen molar-refractivity contribution < 1.29 is 27.1 Å². The molecule has 20 heavy (non-hydrogen) atoms. The molecule has 110 valence electrons. The molecule has 0 aliphatic carbocycles. The highest BCUT2D eigenvalue weighted by atomic mass is 127. The minimum absolute atomic E-state index is 0.0464. The zero-order chi connectivity index (χ0) is 15.5. The van der Waals surface area contributed by atoms with Crippen LogP contribution in [0.5, 0.6) is 5.75 Å². The van der Waals surface area contributed by atoms with Crippen molar-refractivity contribution in [1.82, 2.24) is 0 Å². The van der Waals surface area contributed by atoms with Gasteiger partial charge in [-0.15, -0.1) is 0 Å². The van der Waals surface area contributed by atoms with Gasteiger partial charge in [0.25, 0.3) is 0 Å². The summed E-state index contributed by atoms with van der Waals surface area (Å²) in [6, 6.07) is 0.0464. The van der Waals surface area contributed by atoms with Crippen LogP contribution in [0.15, 0.2) is 16.2 Å². The number of benzene rings is 1. The third-order valence-electron chi connectivity index (χ3n) is 2.40. The topological polar surface area (TPSA) is 26.3 Å². The highest BCUT2D eigenvalue weighted by Crippen LogP contribution is 2.29. The fraction of sp³-hybridized carbons (Fsp3) is 0.308. The van der Waals surface area contributed by atoms with Crippen molar-refractivity contribution in [3.8, 4) is 5.75 Å². The summed E-state index contributed by atoms with van der Waals surface area (Å²) in [5.41, 5.74) is -0.614. The summed E-state index contributed by atoms with van der Waals surface area (Å²) < 4.78 is 58.6. The Hall–Kier alpha value is -1.12. The molecule has 0 heterocycles. The molecule has 0 bridgehead atoms. The van der Waals surface area contributed by atoms with Crippen LogP contribution in [0, 0.1) is 28.7 Å². The van der Waals surface area contributed by atoms with E-state index in [4.69, 9.17) is 0 Å². The lowest BCUT2D eigenvalue weighted by Crippen LogP contribution is -2.20. The van der Waals surface area contributed by atoms with Crippen molar-refractivity contribution in [3.05, 3.63) is 39.5 Å². The summed E-state index contributed by atoms with van der Waals surface area (Å²) >= 11 is 1.95. The van der Waals surface area contributed by atoms with Gasteiger partial charge in [-0.2, -0.15) is 8.78 Å². The minimum atomic E-state index is -1.74. The van der Waals surface area contributed by atoms with Crippen LogP contribution in [0.3, 0.4) is 0 Å². The minimum Gasteiger partial charge on any atom is -0.420 e. The van der Waals surface area contributed by atoms with Crippen LogP contribution in [0.2, 0.25) is 0 Å². The van der Waals surface area contributed by atoms with E-state index in [2.05, 4.69) is 4.74 Å². The Morgan fingerprint density at radius 1 is 1.25 bits per heavy atom. The summed E-state index contributed by atoms with van der Waals surface area (Å²) in [4.78, 5) is 11.6. The number of ether oxygens (including phenoxy) is 1. The van der Waals surface area contributed by atoms with E-state index in [-0.39, 0.29) is 12.5 Å². The van der Waals surface area contributed by atoms with Crippen LogP contribution in [0.4, 0.5) is 17.6 Å². The normalized spacial score (nSPS) is 11.9. The molecule has 1 aromatic rings. The van der Waals surface area contributed by atoms with Gasteiger partial charge in [-0.05, 0) is 9.50 Å². The molecule has 0 spiro atoms. The molecule has 0 radical (unpaired) electrons. The lowest BCUT2D eigenvalue weighted by Gasteiger charge is -2.18. The Kier molecular flexibility index (Phi) is 5.55. The third kappa shape index (κ3) is 4.19. The number of rotatable bonds is 4. The monoisotopic (exact) mass is 402 g/mol. The van der Waals surface area contributed by atoms with E-state index in [0.29, 0.717) is 0 Å². The third-order valence-corrected chi connectivity index (χ3v) is 2.76. The molecule has 0 aliphatic heterocycles. The van der Waals surface area contributed by atoms with Crippen LogP contribution in [0.25, 0.3) is 0 Å². The Bertz CT molecular complexity index is 530. The van der Waals surface area contributed by atoms with Gasteiger partial charge < -0.3 is 4.74 Å². The predicted octanol–water partition coefficient (Wildman–Crippen LogP) is 4.51. The van der Waals surface area contributed by atoms with E-state index < -0.39 is 40.4 Å². The van der Waals surface area contributed by atoms with E-state index in [1.165, 1.54) is 0 Å². The first-order chi connectivity index (χ1) is 9.18. The van der Waals surface area contributed by atoms with Crippen molar-refractivity contribution in [1.29, 1.82) is 0 Å². The molecule has 0 N–H and O–H groups in total. The van der Waals surface area contributed by atoms with Crippen LogP contribution in [-0.2, 0) is 4.79 Å². The molecule has 0 fully saturated rings. The van der Waals surface area contributed by atoms with Gasteiger partial charge in [0.2, 0.25) is 17.4 Å². The van der Waals surface area contributed by atoms with E-state index in [0.717, 1.165) is 0 Å². The van der Waals surface area contributed by atoms with Gasteiger partial charge in [-0.3, -0.25) is 4.79 Å². The van der Waals surface area contributed by atoms with Gasteiger partial charge in [0.15, 0.2) is 11.6 Å². The zero-order valence-corrected chi connectivity index (χ0v) is 12.8. The Labute approximate surface area is 126 Å². The number of hydrogen-bond donors (Lipinski definition) is 0. The van der Waals surface area contributed by atoms with E-state index in [1.54, 1.807) is 24.0 Å². The number of allylic oxidation sites excluding steroid dienone is 1. The first-order valence-electron chi connectivity index (χ1n) is 5.49. The summed E-state index contributed by atoms with van der Waals surface area (Å²) in [6.45, 7) is 3.39. The van der Waals surface area contributed by atoms with Crippen molar-refractivity contribution in [3.63, 3.8) is 0 Å². The SMILES string of the molecule is CC(C)(/C=C/I)CC(=O)Oc1c(F)c(F)cc(F)c1F. The molecule has 0 aromatic heterocycles. The highest BCUT2D eigenvalue weighted by molar-refractivity contribution is 14.1. The molecule has 1 aromatic carbocycles. The number of hydrogen-bond acceptors (Lipinski definition) is 2. The molecule has 0 aliphatic rings. The Balaban J connectivity index is 2.97. The zero-order valence-electron chi connectivity index (χ0n) is 10.6. The summed E-state index contributed by atoms with van der Waals surface area (Å²) in [5.74, 6) is -9.08.